The van der Waals surface area contributed by atoms with Crippen molar-refractivity contribution < 1.29 is 32.1 Å². The summed E-state index contributed by atoms with van der Waals surface area (Å²) in [5.41, 5.74) is 3.81. The van der Waals surface area contributed by atoms with E-state index in [1.54, 1.807) is 18.2 Å². The summed E-state index contributed by atoms with van der Waals surface area (Å²) < 4.78 is 60.2. The first-order valence-electron chi connectivity index (χ1n) is 17.8. The van der Waals surface area contributed by atoms with Crippen molar-refractivity contribution in [1.82, 2.24) is 4.83 Å². The highest BCUT2D eigenvalue weighted by Gasteiger charge is 2.48. The van der Waals surface area contributed by atoms with Gasteiger partial charge in [-0.15, -0.1) is 5.10 Å². The van der Waals surface area contributed by atoms with Crippen molar-refractivity contribution in [2.45, 2.75) is 55.7 Å². The van der Waals surface area contributed by atoms with E-state index in [0.29, 0.717) is 6.61 Å². The van der Waals surface area contributed by atoms with Crippen LogP contribution >= 0.6 is 0 Å². The minimum atomic E-state index is -4.12. The third-order valence-electron chi connectivity index (χ3n) is 9.05. The van der Waals surface area contributed by atoms with E-state index in [1.807, 2.05) is 146 Å². The molecule has 0 saturated carbocycles. The summed E-state index contributed by atoms with van der Waals surface area (Å²) in [6.07, 6.45) is -3.22. The molecular weight excluding hydrogens is 701 g/mol. The molecule has 0 radical (unpaired) electrons. The van der Waals surface area contributed by atoms with Crippen LogP contribution in [-0.2, 0) is 60.1 Å². The summed E-state index contributed by atoms with van der Waals surface area (Å²) in [4.78, 5) is 2.49. The van der Waals surface area contributed by atoms with Crippen molar-refractivity contribution in [2.75, 3.05) is 6.61 Å². The number of fused-ring (bicyclic) bond motifs is 1. The van der Waals surface area contributed by atoms with Crippen molar-refractivity contribution in [1.29, 1.82) is 0 Å². The lowest BCUT2D eigenvalue weighted by atomic mass is 9.98. The maximum absolute atomic E-state index is 13.7. The van der Waals surface area contributed by atoms with E-state index >= 15 is 0 Å². The van der Waals surface area contributed by atoms with Gasteiger partial charge in [0.05, 0.1) is 37.9 Å². The number of benzene rings is 6. The smallest absolute Gasteiger partial charge is 0.276 e. The molecular formula is C44H42N2O7S. The fourth-order valence-corrected chi connectivity index (χ4v) is 7.08. The van der Waals surface area contributed by atoms with Gasteiger partial charge in [-0.2, -0.15) is 13.2 Å². The second-order valence-corrected chi connectivity index (χ2v) is 14.6. The van der Waals surface area contributed by atoms with Gasteiger partial charge in [-0.1, -0.05) is 152 Å². The van der Waals surface area contributed by atoms with Crippen LogP contribution in [-0.4, -0.2) is 45.3 Å². The minimum absolute atomic E-state index is 0.00114. The Hall–Kier alpha value is -5.36. The molecule has 4 atom stereocenters. The van der Waals surface area contributed by atoms with Crippen molar-refractivity contribution >= 4 is 26.7 Å². The standard InChI is InChI=1S/C44H42N2O7S/c47-54(48,39-26-25-37-23-13-14-24-38(37)27-39)46-45-44-43(52-31-36-21-11-4-12-22-36)42(51-30-35-19-9-3-10-20-35)41(50-29-34-17-7-2-8-18-34)40(53-44)32-49-28-33-15-5-1-6-16-33/h1-27,40-43,46H,28-32H2/b45-44-/t40-,41-,42+,43-/m1/s1. The molecule has 0 aromatic heterocycles. The van der Waals surface area contributed by atoms with Crippen LogP contribution in [0.1, 0.15) is 22.3 Å². The van der Waals surface area contributed by atoms with E-state index in [2.05, 4.69) is 9.93 Å². The van der Waals surface area contributed by atoms with Gasteiger partial charge >= 0.3 is 0 Å². The molecule has 54 heavy (non-hydrogen) atoms. The lowest BCUT2D eigenvalue weighted by Crippen LogP contribution is -2.60. The minimum Gasteiger partial charge on any atom is -0.469 e. The number of hydrogen-bond donors (Lipinski definition) is 1. The highest BCUT2D eigenvalue weighted by atomic mass is 32.2. The lowest BCUT2D eigenvalue weighted by Gasteiger charge is -2.42. The Bertz CT molecular complexity index is 2210. The molecule has 1 fully saturated rings. The zero-order chi connectivity index (χ0) is 37.0. The van der Waals surface area contributed by atoms with E-state index in [-0.39, 0.29) is 37.2 Å². The van der Waals surface area contributed by atoms with Crippen LogP contribution in [0.2, 0.25) is 0 Å². The van der Waals surface area contributed by atoms with Gasteiger partial charge in [0.2, 0.25) is 5.90 Å². The predicted octanol–water partition coefficient (Wildman–Crippen LogP) is 7.80. The first kappa shape index (κ1) is 37.0. The number of hydrogen-bond acceptors (Lipinski definition) is 8. The van der Waals surface area contributed by atoms with E-state index in [9.17, 15) is 8.42 Å². The second-order valence-electron chi connectivity index (χ2n) is 13.0. The van der Waals surface area contributed by atoms with Crippen LogP contribution < -0.4 is 4.83 Å². The average molecular weight is 743 g/mol. The highest BCUT2D eigenvalue weighted by Crippen LogP contribution is 2.29. The van der Waals surface area contributed by atoms with Crippen LogP contribution in [0.4, 0.5) is 0 Å². The molecule has 6 aromatic rings. The molecule has 1 N–H and O–H groups in total. The fraction of sp³-hybridized carbons (Fsp3) is 0.205. The topological polar surface area (TPSA) is 105 Å². The summed E-state index contributed by atoms with van der Waals surface area (Å²) in [5, 5.41) is 6.13. The quantitative estimate of drug-likeness (QED) is 0.101. The lowest BCUT2D eigenvalue weighted by molar-refractivity contribution is -0.196. The molecule has 1 aliphatic rings. The van der Waals surface area contributed by atoms with E-state index in [0.717, 1.165) is 33.0 Å². The molecule has 0 bridgehead atoms. The number of nitrogens with zero attached hydrogens (tertiary/aromatic N) is 1. The van der Waals surface area contributed by atoms with Gasteiger partial charge in [-0.05, 0) is 45.2 Å². The van der Waals surface area contributed by atoms with Gasteiger partial charge in [-0.25, -0.2) is 0 Å². The maximum atomic E-state index is 13.7. The Morgan fingerprint density at radius 2 is 1.02 bits per heavy atom. The molecule has 0 unspecified atom stereocenters. The first-order valence-corrected chi connectivity index (χ1v) is 19.3. The van der Waals surface area contributed by atoms with Crippen LogP contribution in [0.5, 0.6) is 0 Å². The number of ether oxygens (including phenoxy) is 5. The van der Waals surface area contributed by atoms with Gasteiger partial charge < -0.3 is 23.7 Å². The van der Waals surface area contributed by atoms with Gasteiger partial charge in [0.1, 0.15) is 12.2 Å². The van der Waals surface area contributed by atoms with Crippen LogP contribution in [0.3, 0.4) is 0 Å². The van der Waals surface area contributed by atoms with Crippen LogP contribution in [0, 0.1) is 0 Å². The third kappa shape index (κ3) is 9.79. The number of sulfonamides is 1. The Balaban J connectivity index is 1.24. The Kier molecular flexibility index (Phi) is 12.4. The van der Waals surface area contributed by atoms with Crippen molar-refractivity contribution in [2.24, 2.45) is 5.10 Å². The molecule has 1 aliphatic heterocycles. The second kappa shape index (κ2) is 18.1. The summed E-state index contributed by atoms with van der Waals surface area (Å²) in [6.45, 7) is 1.10. The number of rotatable bonds is 16. The molecule has 7 rings (SSSR count). The largest absolute Gasteiger partial charge is 0.469 e. The van der Waals surface area contributed by atoms with Crippen molar-refractivity contribution in [3.63, 3.8) is 0 Å². The summed E-state index contributed by atoms with van der Waals surface area (Å²) in [5.74, 6) is 0.00114. The molecule has 0 aliphatic carbocycles. The average Bonchev–Trinajstić information content (AvgIpc) is 3.22. The Morgan fingerprint density at radius 3 is 1.59 bits per heavy atom. The number of hydrazone groups is 1. The molecule has 9 nitrogen and oxygen atoms in total. The normalized spacial score (nSPS) is 19.4. The zero-order valence-electron chi connectivity index (χ0n) is 29.6. The summed E-state index contributed by atoms with van der Waals surface area (Å²) >= 11 is 0. The highest BCUT2D eigenvalue weighted by molar-refractivity contribution is 7.89. The van der Waals surface area contributed by atoms with E-state index in [1.165, 1.54) is 0 Å². The monoisotopic (exact) mass is 742 g/mol. The van der Waals surface area contributed by atoms with Gasteiger partial charge in [0.15, 0.2) is 12.2 Å². The Morgan fingerprint density at radius 1 is 0.537 bits per heavy atom. The van der Waals surface area contributed by atoms with Gasteiger partial charge in [0.25, 0.3) is 10.0 Å². The number of nitrogens with one attached hydrogen (secondary N) is 1. The summed E-state index contributed by atoms with van der Waals surface area (Å²) in [7, 11) is -4.12. The van der Waals surface area contributed by atoms with E-state index < -0.39 is 34.4 Å². The third-order valence-corrected chi connectivity index (χ3v) is 10.3. The van der Waals surface area contributed by atoms with Gasteiger partial charge in [0, 0.05) is 0 Å². The van der Waals surface area contributed by atoms with Gasteiger partial charge in [-0.3, -0.25) is 0 Å². The fourth-order valence-electron chi connectivity index (χ4n) is 6.24. The summed E-state index contributed by atoms with van der Waals surface area (Å²) in [6, 6.07) is 51.7. The first-order chi connectivity index (χ1) is 26.5. The SMILES string of the molecule is O=S(=O)(N/N=C1\O[C@H](COCc2ccccc2)[C@@H](OCc2ccccc2)[C@H](OCc2ccccc2)[C@H]1OCc1ccccc1)c1ccc2ccccc2c1. The van der Waals surface area contributed by atoms with Crippen molar-refractivity contribution in [3.8, 4) is 0 Å². The van der Waals surface area contributed by atoms with Crippen LogP contribution in [0.25, 0.3) is 10.8 Å². The Labute approximate surface area is 316 Å². The predicted molar refractivity (Wildman–Crippen MR) is 208 cm³/mol. The molecule has 0 spiro atoms. The molecule has 1 heterocycles. The molecule has 6 aromatic carbocycles. The van der Waals surface area contributed by atoms with Crippen LogP contribution in [0.15, 0.2) is 174 Å². The molecule has 276 valence electrons. The molecule has 10 heteroatoms. The van der Waals surface area contributed by atoms with E-state index in [4.69, 9.17) is 23.7 Å². The molecule has 0 amide bonds. The maximum Gasteiger partial charge on any atom is 0.276 e. The van der Waals surface area contributed by atoms with Crippen molar-refractivity contribution in [3.05, 3.63) is 186 Å². The zero-order valence-corrected chi connectivity index (χ0v) is 30.5. The molecule has 1 saturated heterocycles.